The summed E-state index contributed by atoms with van der Waals surface area (Å²) >= 11 is 0. The van der Waals surface area contributed by atoms with Gasteiger partial charge in [0.1, 0.15) is 42.7 Å². The number of hydrogen-bond donors (Lipinski definition) is 0. The molecule has 11 aromatic carbocycles. The predicted molar refractivity (Wildman–Crippen MR) is 479 cm³/mol. The summed E-state index contributed by atoms with van der Waals surface area (Å²) in [6.07, 6.45) is -10.0. The van der Waals surface area contributed by atoms with Crippen molar-refractivity contribution in [2.24, 2.45) is 5.92 Å². The van der Waals surface area contributed by atoms with Gasteiger partial charge in [-0.1, -0.05) is 352 Å². The molecule has 0 amide bonds. The van der Waals surface area contributed by atoms with E-state index < -0.39 is 116 Å². The van der Waals surface area contributed by atoms with Crippen LogP contribution in [-0.2, 0) is 158 Å². The molecular formula is C107H114O18. The minimum Gasteiger partial charge on any atom is -0.457 e. The Hall–Kier alpha value is -11.4. The lowest BCUT2D eigenvalue weighted by Gasteiger charge is -2.46. The first-order valence-corrected chi connectivity index (χ1v) is 42.8. The molecule has 14 atom stereocenters. The third-order valence-electron chi connectivity index (χ3n) is 21.4. The van der Waals surface area contributed by atoms with Gasteiger partial charge >= 0.3 is 17.9 Å². The summed E-state index contributed by atoms with van der Waals surface area (Å²) in [6, 6.07) is 107. The lowest BCUT2D eigenvalue weighted by Crippen LogP contribution is -2.58. The van der Waals surface area contributed by atoms with Crippen LogP contribution in [0, 0.1) is 5.92 Å². The highest BCUT2D eigenvalue weighted by molar-refractivity contribution is 5.72. The van der Waals surface area contributed by atoms with Gasteiger partial charge in [-0.15, -0.1) is 19.7 Å². The summed E-state index contributed by atoms with van der Waals surface area (Å²) in [5.41, 5.74) is 9.51. The number of hydrogen-bond acceptors (Lipinski definition) is 18. The Morgan fingerprint density at radius 1 is 0.272 bits per heavy atom. The van der Waals surface area contributed by atoms with E-state index >= 15 is 14.4 Å². The van der Waals surface area contributed by atoms with Gasteiger partial charge in [-0.2, -0.15) is 0 Å². The smallest absolute Gasteiger partial charge is 0.308 e. The van der Waals surface area contributed by atoms with Crippen molar-refractivity contribution in [3.05, 3.63) is 433 Å². The molecule has 18 heteroatoms. The number of carbonyl (C=O) groups is 3. The monoisotopic (exact) mass is 1690 g/mol. The van der Waals surface area contributed by atoms with E-state index in [1.165, 1.54) is 0 Å². The summed E-state index contributed by atoms with van der Waals surface area (Å²) in [5, 5.41) is 0. The van der Waals surface area contributed by atoms with E-state index in [9.17, 15) is 0 Å². The zero-order chi connectivity index (χ0) is 86.5. The average Bonchev–Trinajstić information content (AvgIpc) is 0.779. The highest BCUT2D eigenvalue weighted by Crippen LogP contribution is 2.39. The Balaban J connectivity index is 0.936. The van der Waals surface area contributed by atoms with E-state index in [2.05, 4.69) is 19.7 Å². The molecule has 1 fully saturated rings. The van der Waals surface area contributed by atoms with E-state index in [-0.39, 0.29) is 105 Å². The number of rotatable bonds is 55. The minimum atomic E-state index is -1.23. The molecule has 125 heavy (non-hydrogen) atoms. The molecule has 1 saturated heterocycles. The van der Waals surface area contributed by atoms with Crippen LogP contribution in [-0.4, -0.2) is 117 Å². The van der Waals surface area contributed by atoms with E-state index in [1.54, 1.807) is 18.2 Å². The molecule has 11 aromatic rings. The summed E-state index contributed by atoms with van der Waals surface area (Å²) < 4.78 is 103. The molecule has 0 spiro atoms. The van der Waals surface area contributed by atoms with Crippen LogP contribution in [0.4, 0.5) is 0 Å². The molecule has 12 rings (SSSR count). The molecule has 1 aliphatic heterocycles. The number of esters is 3. The highest BCUT2D eigenvalue weighted by Gasteiger charge is 2.50. The van der Waals surface area contributed by atoms with Crippen molar-refractivity contribution >= 4 is 17.9 Å². The summed E-state index contributed by atoms with van der Waals surface area (Å²) in [7, 11) is 0. The minimum absolute atomic E-state index is 0.0000795. The van der Waals surface area contributed by atoms with Crippen molar-refractivity contribution in [2.45, 2.75) is 178 Å². The quantitative estimate of drug-likeness (QED) is 0.0199. The van der Waals surface area contributed by atoms with E-state index in [4.69, 9.17) is 71.1 Å². The van der Waals surface area contributed by atoms with Crippen LogP contribution in [0.15, 0.2) is 372 Å². The van der Waals surface area contributed by atoms with Crippen LogP contribution in [0.1, 0.15) is 86.9 Å². The summed E-state index contributed by atoms with van der Waals surface area (Å²) in [4.78, 5) is 47.9. The molecule has 0 saturated carbocycles. The lowest BCUT2D eigenvalue weighted by molar-refractivity contribution is -0.243. The SMILES string of the molecule is C=C[C@@H](OCc1ccccc1)[C@H](OCc1ccccc1)[C@@H](COCc1ccccc1)OC(=O)CC[C@H]1O[C@H](CC(=O)O[C@H](COCc2ccccc2)[C@@H](OCc2ccccc2)[C@@H](C=C)OCc2ccccc2)[C@H](OCc2ccccc2)[C@@H](OCc2ccccc2)[C@H]1CC(=O)O[C@H](COCc1ccccc1)[C@@H](OCc1ccccc1)[C@@H](C=C)OCc1ccccc1. The Morgan fingerprint density at radius 2 is 0.504 bits per heavy atom. The standard InChI is InChI=1S/C107H114O18/c1-4-92(114-69-83-46-24-10-25-47-83)104(118-73-87-54-32-14-33-55-87)97(77-111-66-80-40-18-7-19-41-80)123-100(108)63-62-95-91(64-101(109)124-98(78-112-67-81-42-20-8-21-43-81)105(119-74-88-56-34-15-35-57-88)93(5-2)115-70-84-48-26-11-27-49-84)103(117-72-86-52-30-13-31-53-86)107(121-76-90-60-38-17-39-61-90)96(122-95)65-102(110)125-99(79-113-68-82-44-22-9-23-45-82)106(120-75-89-58-36-16-37-59-89)94(6-3)116-71-85-50-28-12-29-51-85/h4-61,91-99,103-107H,1-3,62-79H2/t91-,92+,93+,94+,95+,96+,97+,98+,99+,103-,104-,105-,106-,107-/m0/s1. The Kier molecular flexibility index (Phi) is 38.9. The zero-order valence-electron chi connectivity index (χ0n) is 70.8. The fourth-order valence-corrected chi connectivity index (χ4v) is 14.9. The van der Waals surface area contributed by atoms with Crippen molar-refractivity contribution in [3.63, 3.8) is 0 Å². The normalized spacial score (nSPS) is 17.2. The first kappa shape index (κ1) is 92.7. The summed E-state index contributed by atoms with van der Waals surface area (Å²) in [6.45, 7) is 13.6. The molecule has 0 radical (unpaired) electrons. The van der Waals surface area contributed by atoms with Crippen LogP contribution in [0.2, 0.25) is 0 Å². The van der Waals surface area contributed by atoms with Gasteiger partial charge in [0.2, 0.25) is 0 Å². The number of carbonyl (C=O) groups excluding carboxylic acids is 3. The maximum absolute atomic E-state index is 16.2. The number of benzene rings is 11. The van der Waals surface area contributed by atoms with Gasteiger partial charge < -0.3 is 71.1 Å². The second kappa shape index (κ2) is 52.4. The van der Waals surface area contributed by atoms with Gasteiger partial charge in [0.25, 0.3) is 0 Å². The van der Waals surface area contributed by atoms with Gasteiger partial charge in [-0.3, -0.25) is 14.4 Å². The Morgan fingerprint density at radius 3 is 0.776 bits per heavy atom. The van der Waals surface area contributed by atoms with E-state index in [0.29, 0.717) is 0 Å². The van der Waals surface area contributed by atoms with Gasteiger partial charge in [0.15, 0.2) is 18.3 Å². The van der Waals surface area contributed by atoms with Crippen LogP contribution >= 0.6 is 0 Å². The van der Waals surface area contributed by atoms with Gasteiger partial charge in [-0.25, -0.2) is 0 Å². The largest absolute Gasteiger partial charge is 0.457 e. The van der Waals surface area contributed by atoms with Crippen molar-refractivity contribution in [1.82, 2.24) is 0 Å². The predicted octanol–water partition coefficient (Wildman–Crippen LogP) is 19.6. The fourth-order valence-electron chi connectivity index (χ4n) is 14.9. The molecule has 1 heterocycles. The van der Waals surface area contributed by atoms with Crippen molar-refractivity contribution < 1.29 is 85.4 Å². The molecule has 18 nitrogen and oxygen atoms in total. The first-order valence-electron chi connectivity index (χ1n) is 42.8. The molecule has 1 aliphatic rings. The molecular weight excluding hydrogens is 1570 g/mol. The van der Waals surface area contributed by atoms with Gasteiger partial charge in [0.05, 0.1) is 124 Å². The topological polar surface area (TPSA) is 190 Å². The Labute approximate surface area is 735 Å². The van der Waals surface area contributed by atoms with E-state index in [1.807, 2.05) is 334 Å². The van der Waals surface area contributed by atoms with Crippen molar-refractivity contribution in [1.29, 1.82) is 0 Å². The van der Waals surface area contributed by atoms with Crippen LogP contribution < -0.4 is 0 Å². The molecule has 0 aliphatic carbocycles. The molecule has 0 aromatic heterocycles. The molecule has 0 unspecified atom stereocenters. The van der Waals surface area contributed by atoms with Crippen molar-refractivity contribution in [3.8, 4) is 0 Å². The highest BCUT2D eigenvalue weighted by atomic mass is 16.6. The van der Waals surface area contributed by atoms with Crippen LogP contribution in [0.3, 0.4) is 0 Å². The average molecular weight is 1690 g/mol. The van der Waals surface area contributed by atoms with Crippen LogP contribution in [0.5, 0.6) is 0 Å². The maximum Gasteiger partial charge on any atom is 0.308 e. The number of ether oxygens (including phenoxy) is 15. The molecule has 0 N–H and O–H groups in total. The van der Waals surface area contributed by atoms with Crippen LogP contribution in [0.25, 0.3) is 0 Å². The molecule has 650 valence electrons. The first-order chi connectivity index (χ1) is 61.6. The second-order valence-electron chi connectivity index (χ2n) is 30.7. The lowest BCUT2D eigenvalue weighted by atomic mass is 9.81. The zero-order valence-corrected chi connectivity index (χ0v) is 70.8. The molecule has 0 bridgehead atoms. The third-order valence-corrected chi connectivity index (χ3v) is 21.4. The van der Waals surface area contributed by atoms with Gasteiger partial charge in [-0.05, 0) is 67.6 Å². The maximum atomic E-state index is 16.2. The second-order valence-corrected chi connectivity index (χ2v) is 30.7. The fraction of sp³-hybridized carbons (Fsp3) is 0.299. The van der Waals surface area contributed by atoms with Gasteiger partial charge in [0, 0.05) is 12.3 Å². The Bertz CT molecular complexity index is 4840. The summed E-state index contributed by atoms with van der Waals surface area (Å²) in [5.74, 6) is -3.14. The third kappa shape index (κ3) is 31.3. The van der Waals surface area contributed by atoms with E-state index in [0.717, 1.165) is 61.2 Å². The van der Waals surface area contributed by atoms with Crippen molar-refractivity contribution in [2.75, 3.05) is 19.8 Å².